The summed E-state index contributed by atoms with van der Waals surface area (Å²) in [5.74, 6) is 0.363. The number of fused-ring (bicyclic) bond motifs is 1. The van der Waals surface area contributed by atoms with Crippen LogP contribution >= 0.6 is 11.3 Å². The van der Waals surface area contributed by atoms with Gasteiger partial charge in [0.15, 0.2) is 16.7 Å². The summed E-state index contributed by atoms with van der Waals surface area (Å²) in [5.41, 5.74) is 1.21. The van der Waals surface area contributed by atoms with Gasteiger partial charge in [-0.3, -0.25) is 14.9 Å². The predicted octanol–water partition coefficient (Wildman–Crippen LogP) is 4.29. The number of thiazole rings is 1. The van der Waals surface area contributed by atoms with Crippen molar-refractivity contribution in [2.24, 2.45) is 0 Å². The number of hydrogen-bond acceptors (Lipinski definition) is 7. The average molecular weight is 481 g/mol. The number of carbonyl (C=O) groups is 2. The van der Waals surface area contributed by atoms with E-state index in [4.69, 9.17) is 4.42 Å². The van der Waals surface area contributed by atoms with Crippen molar-refractivity contribution in [2.45, 2.75) is 38.6 Å². The van der Waals surface area contributed by atoms with Crippen LogP contribution in [0.1, 0.15) is 41.3 Å². The number of aryl methyl sites for hydroxylation is 1. The Balaban J connectivity index is 1.26. The van der Waals surface area contributed by atoms with Gasteiger partial charge in [-0.05, 0) is 43.2 Å². The van der Waals surface area contributed by atoms with Gasteiger partial charge in [-0.2, -0.15) is 0 Å². The molecule has 1 aliphatic heterocycles. The molecule has 4 aromatic rings. The summed E-state index contributed by atoms with van der Waals surface area (Å²) in [6.07, 6.45) is 5.46. The van der Waals surface area contributed by atoms with E-state index in [1.807, 2.05) is 0 Å². The molecular formula is C23H21FN6O3S. The van der Waals surface area contributed by atoms with Crippen LogP contribution in [0.25, 0.3) is 11.4 Å². The maximum atomic E-state index is 14.5. The van der Waals surface area contributed by atoms with Crippen molar-refractivity contribution in [3.63, 3.8) is 0 Å². The van der Waals surface area contributed by atoms with Crippen LogP contribution in [-0.2, 0) is 24.2 Å². The lowest BCUT2D eigenvalue weighted by Crippen LogP contribution is -2.16. The minimum atomic E-state index is -0.544. The van der Waals surface area contributed by atoms with Gasteiger partial charge in [-0.25, -0.2) is 9.37 Å². The van der Waals surface area contributed by atoms with Crippen LogP contribution in [-0.4, -0.2) is 31.6 Å². The van der Waals surface area contributed by atoms with E-state index in [-0.39, 0.29) is 17.9 Å². The number of carbonyl (C=O) groups excluding carboxylic acids is 2. The third-order valence-corrected chi connectivity index (χ3v) is 6.27. The molecule has 34 heavy (non-hydrogen) atoms. The van der Waals surface area contributed by atoms with E-state index in [9.17, 15) is 14.0 Å². The first kappa shape index (κ1) is 22.0. The van der Waals surface area contributed by atoms with Crippen molar-refractivity contribution < 1.29 is 18.4 Å². The van der Waals surface area contributed by atoms with Crippen LogP contribution in [0.4, 0.5) is 15.2 Å². The highest BCUT2D eigenvalue weighted by atomic mass is 32.1. The maximum absolute atomic E-state index is 14.5. The van der Waals surface area contributed by atoms with Crippen molar-refractivity contribution in [3.8, 4) is 11.4 Å². The Kier molecular flexibility index (Phi) is 6.17. The first-order chi connectivity index (χ1) is 16.6. The van der Waals surface area contributed by atoms with Gasteiger partial charge >= 0.3 is 0 Å². The normalized spacial score (nSPS) is 13.2. The van der Waals surface area contributed by atoms with E-state index >= 15 is 0 Å². The molecule has 174 valence electrons. The topological polar surface area (TPSA) is 115 Å². The number of nitrogens with one attached hydrogen (secondary N) is 2. The number of anilines is 2. The highest BCUT2D eigenvalue weighted by Gasteiger charge is 2.18. The number of amides is 2. The fourth-order valence-electron chi connectivity index (χ4n) is 3.83. The summed E-state index contributed by atoms with van der Waals surface area (Å²) in [4.78, 5) is 28.9. The third-order valence-electron chi connectivity index (χ3n) is 5.47. The summed E-state index contributed by atoms with van der Waals surface area (Å²) in [6.45, 7) is 0.819. The number of aromatic nitrogens is 4. The molecule has 0 aliphatic carbocycles. The molecule has 1 aromatic carbocycles. The summed E-state index contributed by atoms with van der Waals surface area (Å²) in [6, 6.07) is 7.68. The quantitative estimate of drug-likeness (QED) is 0.425. The fourth-order valence-corrected chi connectivity index (χ4v) is 4.53. The Bertz CT molecular complexity index is 1330. The summed E-state index contributed by atoms with van der Waals surface area (Å²) in [5, 5.41) is 15.8. The van der Waals surface area contributed by atoms with Crippen LogP contribution < -0.4 is 10.6 Å². The number of benzene rings is 1. The molecule has 5 rings (SSSR count). The molecule has 9 nitrogen and oxygen atoms in total. The SMILES string of the molecule is O=C(Cc1csc(NC(=O)c2ccco2)n1)Nc1cc(-c2nnc3n2CCCCC3)ccc1F. The van der Waals surface area contributed by atoms with E-state index in [1.165, 1.54) is 29.7 Å². The molecule has 2 amide bonds. The molecule has 0 atom stereocenters. The third kappa shape index (κ3) is 4.74. The molecule has 0 spiro atoms. The maximum Gasteiger partial charge on any atom is 0.293 e. The van der Waals surface area contributed by atoms with Gasteiger partial charge in [0.2, 0.25) is 5.91 Å². The monoisotopic (exact) mass is 480 g/mol. The fraction of sp³-hybridized carbons (Fsp3) is 0.261. The molecule has 0 bridgehead atoms. The zero-order valence-electron chi connectivity index (χ0n) is 18.1. The zero-order chi connectivity index (χ0) is 23.5. The first-order valence-electron chi connectivity index (χ1n) is 10.9. The van der Waals surface area contributed by atoms with Crippen molar-refractivity contribution in [1.82, 2.24) is 19.7 Å². The lowest BCUT2D eigenvalue weighted by molar-refractivity contribution is -0.115. The molecule has 0 saturated heterocycles. The first-order valence-corrected chi connectivity index (χ1v) is 11.8. The van der Waals surface area contributed by atoms with Gasteiger partial charge < -0.3 is 14.3 Å². The van der Waals surface area contributed by atoms with Crippen LogP contribution in [0.5, 0.6) is 0 Å². The highest BCUT2D eigenvalue weighted by molar-refractivity contribution is 7.14. The Morgan fingerprint density at radius 2 is 2.06 bits per heavy atom. The van der Waals surface area contributed by atoms with Gasteiger partial charge in [0, 0.05) is 23.9 Å². The zero-order valence-corrected chi connectivity index (χ0v) is 18.9. The van der Waals surface area contributed by atoms with Crippen molar-refractivity contribution in [3.05, 3.63) is 65.1 Å². The van der Waals surface area contributed by atoms with E-state index in [1.54, 1.807) is 23.6 Å². The van der Waals surface area contributed by atoms with Crippen LogP contribution in [0, 0.1) is 5.82 Å². The molecule has 0 fully saturated rings. The summed E-state index contributed by atoms with van der Waals surface area (Å²) < 4.78 is 21.6. The molecule has 0 saturated carbocycles. The number of hydrogen-bond donors (Lipinski definition) is 2. The van der Waals surface area contributed by atoms with E-state index < -0.39 is 17.6 Å². The smallest absolute Gasteiger partial charge is 0.293 e. The van der Waals surface area contributed by atoms with E-state index in [0.717, 1.165) is 38.1 Å². The van der Waals surface area contributed by atoms with Gasteiger partial charge in [0.1, 0.15) is 11.6 Å². The molecule has 2 N–H and O–H groups in total. The number of furan rings is 1. The van der Waals surface area contributed by atoms with Gasteiger partial charge in [-0.1, -0.05) is 6.42 Å². The minimum absolute atomic E-state index is 0.0649. The largest absolute Gasteiger partial charge is 0.459 e. The van der Waals surface area contributed by atoms with Crippen LogP contribution in [0.15, 0.2) is 46.4 Å². The molecule has 0 radical (unpaired) electrons. The Morgan fingerprint density at radius 1 is 1.15 bits per heavy atom. The van der Waals surface area contributed by atoms with Crippen LogP contribution in [0.3, 0.4) is 0 Å². The predicted molar refractivity (Wildman–Crippen MR) is 124 cm³/mol. The average Bonchev–Trinajstić information content (AvgIpc) is 3.55. The number of rotatable bonds is 6. The lowest BCUT2D eigenvalue weighted by Gasteiger charge is -2.10. The van der Waals surface area contributed by atoms with E-state index in [0.29, 0.717) is 22.2 Å². The van der Waals surface area contributed by atoms with E-state index in [2.05, 4.69) is 30.4 Å². The highest BCUT2D eigenvalue weighted by Crippen LogP contribution is 2.27. The van der Waals surface area contributed by atoms with Crippen molar-refractivity contribution in [2.75, 3.05) is 10.6 Å². The molecular weight excluding hydrogens is 459 g/mol. The van der Waals surface area contributed by atoms with Crippen molar-refractivity contribution >= 4 is 34.0 Å². The van der Waals surface area contributed by atoms with Gasteiger partial charge in [0.25, 0.3) is 5.91 Å². The Morgan fingerprint density at radius 3 is 2.91 bits per heavy atom. The molecule has 0 unspecified atom stereocenters. The molecule has 4 heterocycles. The second kappa shape index (κ2) is 9.56. The Hall–Kier alpha value is -3.86. The Labute approximate surface area is 198 Å². The number of nitrogens with zero attached hydrogens (tertiary/aromatic N) is 4. The molecule has 11 heteroatoms. The lowest BCUT2D eigenvalue weighted by atomic mass is 10.1. The molecule has 1 aliphatic rings. The standard InChI is InChI=1S/C23H21FN6O3S/c24-16-8-7-14(21-29-28-19-6-2-1-3-9-30(19)21)11-17(16)26-20(31)12-15-13-34-23(25-15)27-22(32)18-5-4-10-33-18/h4-5,7-8,10-11,13H,1-3,6,9,12H2,(H,26,31)(H,25,27,32). The number of halogens is 1. The van der Waals surface area contributed by atoms with Crippen LogP contribution in [0.2, 0.25) is 0 Å². The van der Waals surface area contributed by atoms with Gasteiger partial charge in [0.05, 0.1) is 24.1 Å². The van der Waals surface area contributed by atoms with Crippen molar-refractivity contribution in [1.29, 1.82) is 0 Å². The molecule has 3 aromatic heterocycles. The second-order valence-corrected chi connectivity index (χ2v) is 8.76. The minimum Gasteiger partial charge on any atom is -0.459 e. The summed E-state index contributed by atoms with van der Waals surface area (Å²) >= 11 is 1.19. The summed E-state index contributed by atoms with van der Waals surface area (Å²) in [7, 11) is 0. The second-order valence-electron chi connectivity index (χ2n) is 7.90. The van der Waals surface area contributed by atoms with Gasteiger partial charge in [-0.15, -0.1) is 21.5 Å².